The smallest absolute Gasteiger partial charge is 0.000169 e. The summed E-state index contributed by atoms with van der Waals surface area (Å²) >= 11 is 0. The Kier molecular flexibility index (Phi) is 3.17. The highest BCUT2D eigenvalue weighted by molar-refractivity contribution is 5.53. The van der Waals surface area contributed by atoms with Crippen LogP contribution in [-0.2, 0) is 5.41 Å². The molecule has 1 unspecified atom stereocenters. The lowest BCUT2D eigenvalue weighted by Crippen LogP contribution is -2.22. The van der Waals surface area contributed by atoms with E-state index in [1.165, 1.54) is 40.7 Å². The van der Waals surface area contributed by atoms with Crippen molar-refractivity contribution in [3.63, 3.8) is 0 Å². The molecule has 0 bridgehead atoms. The second kappa shape index (κ2) is 4.26. The van der Waals surface area contributed by atoms with E-state index in [0.717, 1.165) is 0 Å². The Labute approximate surface area is 112 Å². The maximum absolute atomic E-state index is 2.43. The molecule has 0 saturated carbocycles. The molecule has 0 saturated heterocycles. The van der Waals surface area contributed by atoms with Crippen LogP contribution in [0.15, 0.2) is 11.6 Å². The zero-order valence-corrected chi connectivity index (χ0v) is 13.0. The molecule has 0 heteroatoms. The van der Waals surface area contributed by atoms with E-state index in [-0.39, 0.29) is 0 Å². The molecule has 1 aliphatic carbocycles. The molecule has 1 aromatic rings. The lowest BCUT2D eigenvalue weighted by molar-refractivity contribution is 0.497. The number of rotatable bonds is 1. The Morgan fingerprint density at radius 2 is 1.22 bits per heavy atom. The first-order valence-corrected chi connectivity index (χ1v) is 7.01. The number of hydrogen-bond donors (Lipinski definition) is 0. The lowest BCUT2D eigenvalue weighted by atomic mass is 9.72. The van der Waals surface area contributed by atoms with Crippen molar-refractivity contribution in [3.8, 4) is 0 Å². The third kappa shape index (κ3) is 1.83. The van der Waals surface area contributed by atoms with E-state index < -0.39 is 0 Å². The molecule has 98 valence electrons. The third-order valence-electron chi connectivity index (χ3n) is 5.17. The molecule has 0 spiro atoms. The van der Waals surface area contributed by atoms with Crippen LogP contribution >= 0.6 is 0 Å². The van der Waals surface area contributed by atoms with Gasteiger partial charge in [-0.05, 0) is 87.8 Å². The molecule has 0 fully saturated rings. The summed E-state index contributed by atoms with van der Waals surface area (Å²) in [6.07, 6.45) is 4.84. The highest BCUT2D eigenvalue weighted by Crippen LogP contribution is 2.44. The topological polar surface area (TPSA) is 0 Å². The van der Waals surface area contributed by atoms with Crippen LogP contribution in [0.4, 0.5) is 0 Å². The molecule has 0 amide bonds. The van der Waals surface area contributed by atoms with Gasteiger partial charge in [-0.15, -0.1) is 0 Å². The van der Waals surface area contributed by atoms with E-state index >= 15 is 0 Å². The van der Waals surface area contributed by atoms with Crippen LogP contribution in [0.3, 0.4) is 0 Å². The number of allylic oxidation sites excluding steroid dienone is 2. The van der Waals surface area contributed by atoms with Crippen LogP contribution in [0, 0.1) is 34.6 Å². The van der Waals surface area contributed by atoms with Gasteiger partial charge in [0.15, 0.2) is 0 Å². The van der Waals surface area contributed by atoms with Gasteiger partial charge in [-0.25, -0.2) is 0 Å². The SMILES string of the molecule is CC1=CCC(C)(c2c(C)c(C)c(C)c(C)c2C)C1. The van der Waals surface area contributed by atoms with E-state index in [0.29, 0.717) is 5.41 Å². The summed E-state index contributed by atoms with van der Waals surface area (Å²) in [6.45, 7) is 16.1. The fourth-order valence-corrected chi connectivity index (χ4v) is 3.76. The van der Waals surface area contributed by atoms with Crippen molar-refractivity contribution in [2.24, 2.45) is 0 Å². The Balaban J connectivity index is 2.66. The van der Waals surface area contributed by atoms with Crippen molar-refractivity contribution in [2.45, 2.75) is 66.7 Å². The van der Waals surface area contributed by atoms with Gasteiger partial charge in [-0.1, -0.05) is 18.6 Å². The molecule has 0 aliphatic heterocycles. The first kappa shape index (κ1) is 13.4. The molecule has 1 aliphatic rings. The summed E-state index contributed by atoms with van der Waals surface area (Å²) in [6, 6.07) is 0. The molecule has 2 rings (SSSR count). The third-order valence-corrected chi connectivity index (χ3v) is 5.17. The monoisotopic (exact) mass is 242 g/mol. The molecule has 0 N–H and O–H groups in total. The minimum absolute atomic E-state index is 0.321. The predicted molar refractivity (Wildman–Crippen MR) is 80.5 cm³/mol. The van der Waals surface area contributed by atoms with Gasteiger partial charge in [0, 0.05) is 5.41 Å². The zero-order valence-electron chi connectivity index (χ0n) is 13.0. The molecular weight excluding hydrogens is 216 g/mol. The molecule has 1 aromatic carbocycles. The largest absolute Gasteiger partial charge is 0.0847 e. The Morgan fingerprint density at radius 1 is 0.778 bits per heavy atom. The lowest BCUT2D eigenvalue weighted by Gasteiger charge is -2.32. The summed E-state index contributed by atoms with van der Waals surface area (Å²) in [5.41, 5.74) is 10.9. The summed E-state index contributed by atoms with van der Waals surface area (Å²) in [5.74, 6) is 0. The molecule has 0 radical (unpaired) electrons. The second-order valence-corrected chi connectivity index (χ2v) is 6.49. The summed E-state index contributed by atoms with van der Waals surface area (Å²) < 4.78 is 0. The van der Waals surface area contributed by atoms with Crippen LogP contribution in [0.1, 0.15) is 60.1 Å². The van der Waals surface area contributed by atoms with Crippen molar-refractivity contribution in [1.82, 2.24) is 0 Å². The zero-order chi connectivity index (χ0) is 13.7. The fraction of sp³-hybridized carbons (Fsp3) is 0.556. The van der Waals surface area contributed by atoms with E-state index in [1.807, 2.05) is 0 Å². The van der Waals surface area contributed by atoms with Crippen molar-refractivity contribution in [1.29, 1.82) is 0 Å². The molecule has 1 atom stereocenters. The van der Waals surface area contributed by atoms with Crippen molar-refractivity contribution in [3.05, 3.63) is 45.0 Å². The first-order chi connectivity index (χ1) is 8.28. The maximum Gasteiger partial charge on any atom is 0.000169 e. The van der Waals surface area contributed by atoms with E-state index in [9.17, 15) is 0 Å². The average molecular weight is 242 g/mol. The van der Waals surface area contributed by atoms with Crippen LogP contribution in [0.5, 0.6) is 0 Å². The normalized spacial score (nSPS) is 23.4. The second-order valence-electron chi connectivity index (χ2n) is 6.49. The molecule has 0 aromatic heterocycles. The minimum Gasteiger partial charge on any atom is -0.0847 e. The Morgan fingerprint density at radius 3 is 1.61 bits per heavy atom. The van der Waals surface area contributed by atoms with Crippen molar-refractivity contribution >= 4 is 0 Å². The minimum atomic E-state index is 0.321. The van der Waals surface area contributed by atoms with Gasteiger partial charge >= 0.3 is 0 Å². The van der Waals surface area contributed by atoms with Crippen molar-refractivity contribution in [2.75, 3.05) is 0 Å². The molecule has 0 nitrogen and oxygen atoms in total. The Bertz CT molecular complexity index is 502. The standard InChI is InChI=1S/C18H26/c1-11-8-9-18(7,10-11)17-15(5)13(3)12(2)14(4)16(17)6/h8H,9-10H2,1-7H3. The fourth-order valence-electron chi connectivity index (χ4n) is 3.76. The summed E-state index contributed by atoms with van der Waals surface area (Å²) in [5, 5.41) is 0. The van der Waals surface area contributed by atoms with Gasteiger partial charge in [0.05, 0.1) is 0 Å². The summed E-state index contributed by atoms with van der Waals surface area (Å²) in [7, 11) is 0. The quantitative estimate of drug-likeness (QED) is 0.592. The van der Waals surface area contributed by atoms with Crippen LogP contribution in [0.2, 0.25) is 0 Å². The van der Waals surface area contributed by atoms with Gasteiger partial charge in [-0.3, -0.25) is 0 Å². The summed E-state index contributed by atoms with van der Waals surface area (Å²) in [4.78, 5) is 0. The number of benzene rings is 1. The van der Waals surface area contributed by atoms with Crippen molar-refractivity contribution < 1.29 is 0 Å². The average Bonchev–Trinajstić information content (AvgIpc) is 2.65. The van der Waals surface area contributed by atoms with Crippen LogP contribution < -0.4 is 0 Å². The number of hydrogen-bond acceptors (Lipinski definition) is 0. The van der Waals surface area contributed by atoms with Gasteiger partial charge in [0.1, 0.15) is 0 Å². The highest BCUT2D eigenvalue weighted by atomic mass is 14.4. The highest BCUT2D eigenvalue weighted by Gasteiger charge is 2.33. The Hall–Kier alpha value is -1.04. The van der Waals surface area contributed by atoms with Gasteiger partial charge in [0.25, 0.3) is 0 Å². The first-order valence-electron chi connectivity index (χ1n) is 7.01. The van der Waals surface area contributed by atoms with Gasteiger partial charge in [-0.2, -0.15) is 0 Å². The molecule has 18 heavy (non-hydrogen) atoms. The van der Waals surface area contributed by atoms with Crippen LogP contribution in [-0.4, -0.2) is 0 Å². The van der Waals surface area contributed by atoms with E-state index in [1.54, 1.807) is 11.1 Å². The maximum atomic E-state index is 2.43. The predicted octanol–water partition coefficient (Wildman–Crippen LogP) is 5.23. The van der Waals surface area contributed by atoms with E-state index in [4.69, 9.17) is 0 Å². The molecule has 0 heterocycles. The van der Waals surface area contributed by atoms with Crippen LogP contribution in [0.25, 0.3) is 0 Å². The van der Waals surface area contributed by atoms with E-state index in [2.05, 4.69) is 54.5 Å². The van der Waals surface area contributed by atoms with Gasteiger partial charge in [0.2, 0.25) is 0 Å². The van der Waals surface area contributed by atoms with Gasteiger partial charge < -0.3 is 0 Å². The molecular formula is C18H26.